The van der Waals surface area contributed by atoms with Gasteiger partial charge in [-0.3, -0.25) is 0 Å². The van der Waals surface area contributed by atoms with Crippen molar-refractivity contribution in [3.05, 3.63) is 28.0 Å². The largest absolute Gasteiger partial charge is 0.350 e. The first kappa shape index (κ1) is 9.21. The smallest absolute Gasteiger partial charge is 0.200 e. The molecule has 2 aromatic heterocycles. The first-order valence-electron chi connectivity index (χ1n) is 4.40. The Balaban J connectivity index is 1.94. The molecule has 0 aromatic carbocycles. The maximum absolute atomic E-state index is 4.35. The first-order valence-corrected chi connectivity index (χ1v) is 5.28. The Morgan fingerprint density at radius 1 is 1.50 bits per heavy atom. The molecule has 5 heteroatoms. The molecule has 0 aliphatic carbocycles. The lowest BCUT2D eigenvalue weighted by Gasteiger charge is -1.98. The van der Waals surface area contributed by atoms with Gasteiger partial charge in [0.2, 0.25) is 5.95 Å². The van der Waals surface area contributed by atoms with E-state index in [-0.39, 0.29) is 0 Å². The molecule has 0 saturated heterocycles. The van der Waals surface area contributed by atoms with Gasteiger partial charge in [-0.05, 0) is 13.8 Å². The fraction of sp³-hybridized carbons (Fsp3) is 0.333. The van der Waals surface area contributed by atoms with Crippen molar-refractivity contribution < 1.29 is 0 Å². The van der Waals surface area contributed by atoms with E-state index < -0.39 is 0 Å². The second-order valence-corrected chi connectivity index (χ2v) is 4.19. The van der Waals surface area contributed by atoms with Gasteiger partial charge in [-0.25, -0.2) is 9.97 Å². The van der Waals surface area contributed by atoms with Crippen molar-refractivity contribution in [1.29, 1.82) is 0 Å². The van der Waals surface area contributed by atoms with E-state index in [2.05, 4.69) is 25.6 Å². The Morgan fingerprint density at radius 3 is 2.93 bits per heavy atom. The van der Waals surface area contributed by atoms with Crippen molar-refractivity contribution in [2.24, 2.45) is 0 Å². The van der Waals surface area contributed by atoms with Crippen LogP contribution in [0, 0.1) is 13.8 Å². The summed E-state index contributed by atoms with van der Waals surface area (Å²) in [6.07, 6.45) is 1.80. The number of aromatic amines is 1. The molecule has 0 bridgehead atoms. The Kier molecular flexibility index (Phi) is 2.49. The molecule has 0 radical (unpaired) electrons. The fourth-order valence-electron chi connectivity index (χ4n) is 1.17. The zero-order chi connectivity index (χ0) is 9.97. The standard InChI is InChI=1S/C9H12N4S/c1-6-3-10-9(12-6)11-4-8-5-14-7(2)13-8/h3,5H,4H2,1-2H3,(H2,10,11,12). The molecular weight excluding hydrogens is 196 g/mol. The van der Waals surface area contributed by atoms with Crippen molar-refractivity contribution in [2.45, 2.75) is 20.4 Å². The molecule has 0 atom stereocenters. The summed E-state index contributed by atoms with van der Waals surface area (Å²) in [5.74, 6) is 0.799. The predicted octanol–water partition coefficient (Wildman–Crippen LogP) is 2.10. The Bertz CT molecular complexity index is 378. The predicted molar refractivity (Wildman–Crippen MR) is 57.5 cm³/mol. The third kappa shape index (κ3) is 2.11. The van der Waals surface area contributed by atoms with Crippen molar-refractivity contribution in [2.75, 3.05) is 5.32 Å². The molecular formula is C9H12N4S. The van der Waals surface area contributed by atoms with Gasteiger partial charge in [0.15, 0.2) is 0 Å². The normalized spacial score (nSPS) is 10.4. The van der Waals surface area contributed by atoms with Gasteiger partial charge >= 0.3 is 0 Å². The molecule has 4 nitrogen and oxygen atoms in total. The maximum Gasteiger partial charge on any atom is 0.200 e. The zero-order valence-electron chi connectivity index (χ0n) is 8.16. The summed E-state index contributed by atoms with van der Waals surface area (Å²) in [7, 11) is 0. The third-order valence-corrected chi connectivity index (χ3v) is 2.63. The second kappa shape index (κ2) is 3.79. The van der Waals surface area contributed by atoms with E-state index >= 15 is 0 Å². The monoisotopic (exact) mass is 208 g/mol. The van der Waals surface area contributed by atoms with Crippen LogP contribution in [-0.2, 0) is 6.54 Å². The van der Waals surface area contributed by atoms with Crippen LogP contribution >= 0.6 is 11.3 Å². The van der Waals surface area contributed by atoms with Gasteiger partial charge < -0.3 is 10.3 Å². The van der Waals surface area contributed by atoms with E-state index in [0.29, 0.717) is 0 Å². The van der Waals surface area contributed by atoms with Crippen LogP contribution in [0.1, 0.15) is 16.4 Å². The summed E-state index contributed by atoms with van der Waals surface area (Å²) in [5.41, 5.74) is 2.11. The lowest BCUT2D eigenvalue weighted by atomic mass is 10.5. The van der Waals surface area contributed by atoms with Gasteiger partial charge in [0.1, 0.15) is 0 Å². The minimum absolute atomic E-state index is 0.720. The zero-order valence-corrected chi connectivity index (χ0v) is 8.98. The summed E-state index contributed by atoms with van der Waals surface area (Å²) in [5, 5.41) is 6.32. The van der Waals surface area contributed by atoms with Crippen LogP contribution in [0.3, 0.4) is 0 Å². The number of aryl methyl sites for hydroxylation is 2. The highest BCUT2D eigenvalue weighted by molar-refractivity contribution is 7.09. The summed E-state index contributed by atoms with van der Waals surface area (Å²) < 4.78 is 0. The quantitative estimate of drug-likeness (QED) is 0.812. The Hall–Kier alpha value is -1.36. The average Bonchev–Trinajstić information content (AvgIpc) is 2.72. The fourth-order valence-corrected chi connectivity index (χ4v) is 1.78. The average molecular weight is 208 g/mol. The minimum atomic E-state index is 0.720. The molecule has 0 aliphatic rings. The van der Waals surface area contributed by atoms with Gasteiger partial charge in [-0.2, -0.15) is 0 Å². The van der Waals surface area contributed by atoms with Gasteiger partial charge in [0.05, 0.1) is 17.2 Å². The topological polar surface area (TPSA) is 53.6 Å². The highest BCUT2D eigenvalue weighted by Gasteiger charge is 1.99. The first-order chi connectivity index (χ1) is 6.74. The highest BCUT2D eigenvalue weighted by Crippen LogP contribution is 2.09. The van der Waals surface area contributed by atoms with E-state index in [9.17, 15) is 0 Å². The summed E-state index contributed by atoms with van der Waals surface area (Å²) in [4.78, 5) is 11.6. The van der Waals surface area contributed by atoms with Crippen molar-refractivity contribution in [3.63, 3.8) is 0 Å². The molecule has 0 unspecified atom stereocenters. The van der Waals surface area contributed by atoms with Crippen LogP contribution in [0.25, 0.3) is 0 Å². The van der Waals surface area contributed by atoms with Crippen LogP contribution < -0.4 is 5.32 Å². The van der Waals surface area contributed by atoms with Gasteiger partial charge in [-0.1, -0.05) is 0 Å². The highest BCUT2D eigenvalue weighted by atomic mass is 32.1. The molecule has 0 spiro atoms. The van der Waals surface area contributed by atoms with Crippen molar-refractivity contribution >= 4 is 17.3 Å². The molecule has 2 aromatic rings. The number of nitrogens with zero attached hydrogens (tertiary/aromatic N) is 2. The number of hydrogen-bond donors (Lipinski definition) is 2. The van der Waals surface area contributed by atoms with Crippen LogP contribution in [0.15, 0.2) is 11.6 Å². The van der Waals surface area contributed by atoms with E-state index in [1.54, 1.807) is 17.5 Å². The number of thiazole rings is 1. The molecule has 14 heavy (non-hydrogen) atoms. The number of rotatable bonds is 3. The van der Waals surface area contributed by atoms with Crippen LogP contribution in [0.5, 0.6) is 0 Å². The van der Waals surface area contributed by atoms with Gasteiger partial charge in [0, 0.05) is 17.3 Å². The Labute approximate surface area is 86.4 Å². The lowest BCUT2D eigenvalue weighted by Crippen LogP contribution is -2.01. The molecule has 0 amide bonds. The third-order valence-electron chi connectivity index (χ3n) is 1.81. The molecule has 2 heterocycles. The molecule has 2 N–H and O–H groups in total. The molecule has 0 fully saturated rings. The maximum atomic E-state index is 4.35. The lowest BCUT2D eigenvalue weighted by molar-refractivity contribution is 1.02. The van der Waals surface area contributed by atoms with E-state index in [4.69, 9.17) is 0 Å². The number of H-pyrrole nitrogens is 1. The van der Waals surface area contributed by atoms with Crippen LogP contribution in [-0.4, -0.2) is 15.0 Å². The summed E-state index contributed by atoms with van der Waals surface area (Å²) in [6, 6.07) is 0. The number of aromatic nitrogens is 3. The SMILES string of the molecule is Cc1cnc(NCc2csc(C)n2)[nH]1. The second-order valence-electron chi connectivity index (χ2n) is 3.13. The summed E-state index contributed by atoms with van der Waals surface area (Å²) >= 11 is 1.66. The number of hydrogen-bond acceptors (Lipinski definition) is 4. The van der Waals surface area contributed by atoms with Gasteiger partial charge in [0.25, 0.3) is 0 Å². The molecule has 0 saturated carbocycles. The van der Waals surface area contributed by atoms with Crippen LogP contribution in [0.4, 0.5) is 5.95 Å². The van der Waals surface area contributed by atoms with Crippen LogP contribution in [0.2, 0.25) is 0 Å². The van der Waals surface area contributed by atoms with Gasteiger partial charge in [-0.15, -0.1) is 11.3 Å². The summed E-state index contributed by atoms with van der Waals surface area (Å²) in [6.45, 7) is 4.70. The van der Waals surface area contributed by atoms with E-state index in [0.717, 1.165) is 28.9 Å². The van der Waals surface area contributed by atoms with Crippen molar-refractivity contribution in [1.82, 2.24) is 15.0 Å². The number of nitrogens with one attached hydrogen (secondary N) is 2. The molecule has 0 aliphatic heterocycles. The Morgan fingerprint density at radius 2 is 2.36 bits per heavy atom. The number of anilines is 1. The number of imidazole rings is 1. The molecule has 2 rings (SSSR count). The van der Waals surface area contributed by atoms with E-state index in [1.165, 1.54) is 0 Å². The molecule has 74 valence electrons. The van der Waals surface area contributed by atoms with E-state index in [1.807, 2.05) is 13.8 Å². The minimum Gasteiger partial charge on any atom is -0.350 e. The van der Waals surface area contributed by atoms with Crippen molar-refractivity contribution in [3.8, 4) is 0 Å².